The summed E-state index contributed by atoms with van der Waals surface area (Å²) >= 11 is 0.865. The minimum Gasteiger partial charge on any atom is -0.337 e. The Bertz CT molecular complexity index is 505. The van der Waals surface area contributed by atoms with Gasteiger partial charge >= 0.3 is 5.00 Å². The van der Waals surface area contributed by atoms with Gasteiger partial charge in [-0.15, -0.1) is 0 Å². The molecular weight excluding hydrogens is 266 g/mol. The second kappa shape index (κ2) is 6.85. The number of hydrogen-bond donors (Lipinski definition) is 0. The van der Waals surface area contributed by atoms with Crippen LogP contribution in [0.4, 0.5) is 5.00 Å². The van der Waals surface area contributed by atoms with E-state index >= 15 is 0 Å². The Hall–Kier alpha value is -1.94. The van der Waals surface area contributed by atoms with Crippen molar-refractivity contribution in [3.05, 3.63) is 27.1 Å². The van der Waals surface area contributed by atoms with Crippen molar-refractivity contribution in [3.63, 3.8) is 0 Å². The molecule has 0 fully saturated rings. The Labute approximate surface area is 115 Å². The Kier molecular flexibility index (Phi) is 5.45. The van der Waals surface area contributed by atoms with E-state index in [1.54, 1.807) is 4.90 Å². The van der Waals surface area contributed by atoms with E-state index in [-0.39, 0.29) is 23.2 Å². The first-order valence-corrected chi connectivity index (χ1v) is 6.67. The molecule has 6 nitrogen and oxygen atoms in total. The molecule has 0 N–H and O–H groups in total. The van der Waals surface area contributed by atoms with Gasteiger partial charge < -0.3 is 4.90 Å². The lowest BCUT2D eigenvalue weighted by molar-refractivity contribution is -0.380. The summed E-state index contributed by atoms with van der Waals surface area (Å²) in [5.74, 6) is 0.0274. The highest BCUT2D eigenvalue weighted by Crippen LogP contribution is 2.25. The molecule has 1 amide bonds. The zero-order valence-corrected chi connectivity index (χ0v) is 11.6. The molecule has 1 aromatic rings. The first-order valence-electron chi connectivity index (χ1n) is 5.86. The predicted molar refractivity (Wildman–Crippen MR) is 71.9 cm³/mol. The van der Waals surface area contributed by atoms with Gasteiger partial charge in [0.15, 0.2) is 0 Å². The van der Waals surface area contributed by atoms with Gasteiger partial charge in [-0.25, -0.2) is 0 Å². The molecule has 0 aliphatic carbocycles. The first-order chi connectivity index (χ1) is 8.95. The Morgan fingerprint density at radius 2 is 2.26 bits per heavy atom. The van der Waals surface area contributed by atoms with Crippen LogP contribution in [-0.2, 0) is 0 Å². The Balaban J connectivity index is 2.85. The van der Waals surface area contributed by atoms with Crippen molar-refractivity contribution in [2.75, 3.05) is 13.1 Å². The van der Waals surface area contributed by atoms with Crippen LogP contribution in [0, 0.1) is 27.4 Å². The monoisotopic (exact) mass is 281 g/mol. The third-order valence-electron chi connectivity index (χ3n) is 2.35. The van der Waals surface area contributed by atoms with Gasteiger partial charge in [0.25, 0.3) is 5.91 Å². The quantitative estimate of drug-likeness (QED) is 0.592. The normalized spacial score (nSPS) is 10.2. The highest BCUT2D eigenvalue weighted by molar-refractivity contribution is 7.17. The molecule has 0 aliphatic heterocycles. The Morgan fingerprint density at radius 3 is 2.74 bits per heavy atom. The van der Waals surface area contributed by atoms with Crippen LogP contribution in [-0.4, -0.2) is 28.8 Å². The third-order valence-corrected chi connectivity index (χ3v) is 3.37. The molecule has 19 heavy (non-hydrogen) atoms. The van der Waals surface area contributed by atoms with Crippen molar-refractivity contribution in [3.8, 4) is 6.07 Å². The smallest absolute Gasteiger partial charge is 0.324 e. The van der Waals surface area contributed by atoms with E-state index < -0.39 is 4.92 Å². The molecular formula is C12H15N3O3S. The van der Waals surface area contributed by atoms with E-state index in [2.05, 4.69) is 0 Å². The van der Waals surface area contributed by atoms with E-state index in [4.69, 9.17) is 5.26 Å². The molecule has 0 spiro atoms. The molecule has 1 rings (SSSR count). The number of carbonyl (C=O) groups is 1. The highest BCUT2D eigenvalue weighted by Gasteiger charge is 2.21. The van der Waals surface area contributed by atoms with Crippen LogP contribution in [0.2, 0.25) is 0 Å². The first kappa shape index (κ1) is 15.1. The van der Waals surface area contributed by atoms with Crippen LogP contribution < -0.4 is 0 Å². The largest absolute Gasteiger partial charge is 0.337 e. The zero-order valence-electron chi connectivity index (χ0n) is 10.8. The predicted octanol–water partition coefficient (Wildman–Crippen LogP) is 2.67. The van der Waals surface area contributed by atoms with Gasteiger partial charge in [0.2, 0.25) is 0 Å². The summed E-state index contributed by atoms with van der Waals surface area (Å²) in [6, 6.07) is 4.79. The van der Waals surface area contributed by atoms with Crippen molar-refractivity contribution in [1.29, 1.82) is 5.26 Å². The average Bonchev–Trinajstić information content (AvgIpc) is 2.82. The minimum atomic E-state index is -0.510. The van der Waals surface area contributed by atoms with Crippen LogP contribution in [0.1, 0.15) is 29.9 Å². The second-order valence-electron chi connectivity index (χ2n) is 4.45. The summed E-state index contributed by atoms with van der Waals surface area (Å²) in [4.78, 5) is 24.2. The van der Waals surface area contributed by atoms with Gasteiger partial charge in [-0.05, 0) is 12.0 Å². The second-order valence-corrected chi connectivity index (χ2v) is 5.51. The SMILES string of the molecule is CC(C)CN(CCC#N)C(=O)c1ccc([N+](=O)[O-])s1. The average molecular weight is 281 g/mol. The van der Waals surface area contributed by atoms with Crippen LogP contribution in [0.25, 0.3) is 0 Å². The summed E-state index contributed by atoms with van der Waals surface area (Å²) in [5.41, 5.74) is 0. The molecule has 0 radical (unpaired) electrons. The number of thiophene rings is 1. The fraction of sp³-hybridized carbons (Fsp3) is 0.500. The highest BCUT2D eigenvalue weighted by atomic mass is 32.1. The van der Waals surface area contributed by atoms with Gasteiger partial charge in [0.1, 0.15) is 0 Å². The van der Waals surface area contributed by atoms with E-state index in [9.17, 15) is 14.9 Å². The fourth-order valence-corrected chi connectivity index (χ4v) is 2.39. The lowest BCUT2D eigenvalue weighted by Crippen LogP contribution is -2.34. The summed E-state index contributed by atoms with van der Waals surface area (Å²) in [6.45, 7) is 4.83. The molecule has 0 aliphatic rings. The summed E-state index contributed by atoms with van der Waals surface area (Å²) in [7, 11) is 0. The van der Waals surface area contributed by atoms with Gasteiger partial charge in [-0.2, -0.15) is 5.26 Å². The van der Waals surface area contributed by atoms with Gasteiger partial charge in [-0.3, -0.25) is 14.9 Å². The topological polar surface area (TPSA) is 87.2 Å². The molecule has 0 aromatic carbocycles. The van der Waals surface area contributed by atoms with Crippen LogP contribution in [0.5, 0.6) is 0 Å². The van der Waals surface area contributed by atoms with Crippen molar-refractivity contribution < 1.29 is 9.72 Å². The summed E-state index contributed by atoms with van der Waals surface area (Å²) in [5, 5.41) is 19.2. The number of nitriles is 1. The van der Waals surface area contributed by atoms with E-state index in [0.717, 1.165) is 11.3 Å². The van der Waals surface area contributed by atoms with Gasteiger partial charge in [0.05, 0.1) is 22.3 Å². The van der Waals surface area contributed by atoms with E-state index in [0.29, 0.717) is 18.0 Å². The lowest BCUT2D eigenvalue weighted by atomic mass is 10.2. The van der Waals surface area contributed by atoms with E-state index in [1.807, 2.05) is 19.9 Å². The van der Waals surface area contributed by atoms with Crippen molar-refractivity contribution in [1.82, 2.24) is 4.90 Å². The fourth-order valence-electron chi connectivity index (χ4n) is 1.60. The van der Waals surface area contributed by atoms with E-state index in [1.165, 1.54) is 12.1 Å². The Morgan fingerprint density at radius 1 is 1.58 bits per heavy atom. The van der Waals surface area contributed by atoms with Crippen molar-refractivity contribution in [2.24, 2.45) is 5.92 Å². The van der Waals surface area contributed by atoms with Crippen LogP contribution >= 0.6 is 11.3 Å². The molecule has 102 valence electrons. The summed E-state index contributed by atoms with van der Waals surface area (Å²) in [6.07, 6.45) is 0.256. The molecule has 0 saturated heterocycles. The number of carbonyl (C=O) groups excluding carboxylic acids is 1. The van der Waals surface area contributed by atoms with Gasteiger partial charge in [-0.1, -0.05) is 25.2 Å². The lowest BCUT2D eigenvalue weighted by Gasteiger charge is -2.22. The molecule has 0 atom stereocenters. The maximum Gasteiger partial charge on any atom is 0.324 e. The number of rotatable bonds is 6. The maximum atomic E-state index is 12.2. The number of nitrogens with zero attached hydrogens (tertiary/aromatic N) is 3. The summed E-state index contributed by atoms with van der Waals surface area (Å²) < 4.78 is 0. The molecule has 0 saturated carbocycles. The minimum absolute atomic E-state index is 0.0480. The molecule has 0 bridgehead atoms. The molecule has 1 heterocycles. The standard InChI is InChI=1S/C12H15N3O3S/c1-9(2)8-14(7-3-6-13)12(16)10-4-5-11(19-10)15(17)18/h4-5,9H,3,7-8H2,1-2H3. The number of hydrogen-bond acceptors (Lipinski definition) is 5. The maximum absolute atomic E-state index is 12.2. The van der Waals surface area contributed by atoms with Crippen molar-refractivity contribution in [2.45, 2.75) is 20.3 Å². The van der Waals surface area contributed by atoms with Crippen LogP contribution in [0.3, 0.4) is 0 Å². The van der Waals surface area contributed by atoms with Gasteiger partial charge in [0, 0.05) is 19.2 Å². The number of amides is 1. The number of nitro groups is 1. The van der Waals surface area contributed by atoms with Crippen LogP contribution in [0.15, 0.2) is 12.1 Å². The molecule has 0 unspecified atom stereocenters. The zero-order chi connectivity index (χ0) is 14.4. The van der Waals surface area contributed by atoms with Crippen molar-refractivity contribution >= 4 is 22.2 Å². The molecule has 1 aromatic heterocycles. The third kappa shape index (κ3) is 4.34. The molecule has 7 heteroatoms.